The number of nitrogens with zero attached hydrogens (tertiary/aromatic N) is 2. The van der Waals surface area contributed by atoms with Crippen LogP contribution in [0.4, 0.5) is 4.39 Å². The molecule has 0 bridgehead atoms. The molecule has 1 aliphatic carbocycles. The van der Waals surface area contributed by atoms with Gasteiger partial charge in [-0.1, -0.05) is 29.8 Å². The van der Waals surface area contributed by atoms with Gasteiger partial charge in [-0.3, -0.25) is 4.79 Å². The summed E-state index contributed by atoms with van der Waals surface area (Å²) < 4.78 is 22.4. The van der Waals surface area contributed by atoms with Crippen LogP contribution in [-0.4, -0.2) is 38.1 Å². The molecule has 1 aliphatic heterocycles. The van der Waals surface area contributed by atoms with Gasteiger partial charge in [0.2, 0.25) is 0 Å². The Morgan fingerprint density at radius 1 is 1.25 bits per heavy atom. The number of benzene rings is 2. The smallest absolute Gasteiger partial charge is 0.353 e. The molecule has 0 amide bonds. The quantitative estimate of drug-likeness (QED) is 0.367. The van der Waals surface area contributed by atoms with Crippen molar-refractivity contribution in [3.8, 4) is 11.5 Å². The van der Waals surface area contributed by atoms with Gasteiger partial charge >= 0.3 is 5.97 Å². The molecule has 0 fully saturated rings. The Bertz CT molecular complexity index is 1700. The number of rotatable bonds is 4. The first-order valence-corrected chi connectivity index (χ1v) is 11.6. The van der Waals surface area contributed by atoms with Gasteiger partial charge in [0.1, 0.15) is 28.2 Å². The zero-order valence-electron chi connectivity index (χ0n) is 18.7. The van der Waals surface area contributed by atoms with Crippen molar-refractivity contribution in [1.82, 2.24) is 9.55 Å². The fraction of sp³-hybridized carbons (Fsp3) is 0.148. The van der Waals surface area contributed by atoms with Crippen LogP contribution in [0.25, 0.3) is 27.4 Å². The summed E-state index contributed by atoms with van der Waals surface area (Å²) >= 11 is 6.47. The van der Waals surface area contributed by atoms with E-state index in [4.69, 9.17) is 16.3 Å². The summed E-state index contributed by atoms with van der Waals surface area (Å²) in [5, 5.41) is 21.3. The number of ether oxygens (including phenoxy) is 1. The van der Waals surface area contributed by atoms with Crippen LogP contribution in [0.3, 0.4) is 0 Å². The number of Topliss-reactive ketones (excluding diaryl/α,β-unsaturated/α-hetero) is 1. The second-order valence-corrected chi connectivity index (χ2v) is 9.08. The van der Waals surface area contributed by atoms with Gasteiger partial charge in [0.25, 0.3) is 0 Å². The van der Waals surface area contributed by atoms with Crippen molar-refractivity contribution in [1.29, 1.82) is 0 Å². The van der Waals surface area contributed by atoms with Crippen LogP contribution >= 0.6 is 11.6 Å². The van der Waals surface area contributed by atoms with E-state index in [1.54, 1.807) is 30.4 Å². The first-order valence-electron chi connectivity index (χ1n) is 11.3. The summed E-state index contributed by atoms with van der Waals surface area (Å²) in [7, 11) is 0. The van der Waals surface area contributed by atoms with Gasteiger partial charge in [0.05, 0.1) is 29.6 Å². The lowest BCUT2D eigenvalue weighted by Crippen LogP contribution is -2.14. The summed E-state index contributed by atoms with van der Waals surface area (Å²) in [5.41, 5.74) is 1.90. The first kappa shape index (κ1) is 22.3. The lowest BCUT2D eigenvalue weighted by Gasteiger charge is -2.13. The highest BCUT2D eigenvalue weighted by Gasteiger charge is 2.33. The van der Waals surface area contributed by atoms with Crippen LogP contribution in [0.2, 0.25) is 5.15 Å². The monoisotopic (exact) mass is 504 g/mol. The Labute approximate surface area is 208 Å². The molecule has 2 aromatic heterocycles. The van der Waals surface area contributed by atoms with Crippen LogP contribution in [0.15, 0.2) is 48.6 Å². The molecule has 9 heteroatoms. The molecule has 2 aromatic carbocycles. The maximum Gasteiger partial charge on any atom is 0.353 e. The molecule has 3 heterocycles. The average molecular weight is 505 g/mol. The Balaban J connectivity index is 1.66. The lowest BCUT2D eigenvalue weighted by atomic mass is 9.92. The molecule has 0 saturated carbocycles. The van der Waals surface area contributed by atoms with E-state index in [1.165, 1.54) is 22.8 Å². The second-order valence-electron chi connectivity index (χ2n) is 8.72. The molecule has 0 spiro atoms. The van der Waals surface area contributed by atoms with Gasteiger partial charge in [-0.25, -0.2) is 14.2 Å². The molecule has 0 atom stereocenters. The number of pyridine rings is 1. The van der Waals surface area contributed by atoms with Crippen LogP contribution < -0.4 is 4.74 Å². The van der Waals surface area contributed by atoms with Gasteiger partial charge in [0, 0.05) is 46.6 Å². The number of ketones is 1. The van der Waals surface area contributed by atoms with E-state index in [0.29, 0.717) is 33.8 Å². The zero-order valence-corrected chi connectivity index (χ0v) is 19.5. The molecule has 0 radical (unpaired) electrons. The third kappa shape index (κ3) is 3.37. The SMILES string of the molecule is O=C1CC=CC=C1c1c(C(=O)O)n(Cc2cc3ccc(O)cc3nc2Cl)c2cc(F)c3c(c12)OCC3. The van der Waals surface area contributed by atoms with E-state index >= 15 is 4.39 Å². The molecular formula is C27H18ClFN2O5. The predicted molar refractivity (Wildman–Crippen MR) is 132 cm³/mol. The topological polar surface area (TPSA) is 102 Å². The Morgan fingerprint density at radius 3 is 2.86 bits per heavy atom. The van der Waals surface area contributed by atoms with E-state index in [-0.39, 0.29) is 64.4 Å². The van der Waals surface area contributed by atoms with Gasteiger partial charge in [-0.2, -0.15) is 0 Å². The number of aromatic nitrogens is 2. The minimum atomic E-state index is -1.27. The third-order valence-corrected chi connectivity index (χ3v) is 6.91. The summed E-state index contributed by atoms with van der Waals surface area (Å²) in [6, 6.07) is 7.70. The number of allylic oxidation sites excluding steroid dienone is 4. The number of carbonyl (C=O) groups excluding carboxylic acids is 1. The molecule has 180 valence electrons. The minimum absolute atomic E-state index is 0.0387. The molecule has 6 rings (SSSR count). The minimum Gasteiger partial charge on any atom is -0.508 e. The number of phenols is 1. The number of phenolic OH excluding ortho intramolecular Hbond substituents is 1. The Kier molecular flexibility index (Phi) is 5.08. The highest BCUT2D eigenvalue weighted by molar-refractivity contribution is 6.30. The molecule has 36 heavy (non-hydrogen) atoms. The predicted octanol–water partition coefficient (Wildman–Crippen LogP) is 5.28. The van der Waals surface area contributed by atoms with Crippen molar-refractivity contribution >= 4 is 50.7 Å². The second kappa shape index (κ2) is 8.20. The van der Waals surface area contributed by atoms with Gasteiger partial charge in [-0.15, -0.1) is 0 Å². The first-order chi connectivity index (χ1) is 17.3. The van der Waals surface area contributed by atoms with E-state index in [2.05, 4.69) is 4.98 Å². The number of hydrogen-bond acceptors (Lipinski definition) is 5. The highest BCUT2D eigenvalue weighted by atomic mass is 35.5. The summed E-state index contributed by atoms with van der Waals surface area (Å²) in [4.78, 5) is 29.9. The highest BCUT2D eigenvalue weighted by Crippen LogP contribution is 2.44. The van der Waals surface area contributed by atoms with Crippen molar-refractivity contribution in [2.45, 2.75) is 19.4 Å². The van der Waals surface area contributed by atoms with Gasteiger partial charge in [-0.05, 0) is 24.3 Å². The van der Waals surface area contributed by atoms with Crippen molar-refractivity contribution in [2.24, 2.45) is 0 Å². The molecule has 4 aromatic rings. The van der Waals surface area contributed by atoms with Crippen molar-refractivity contribution in [3.63, 3.8) is 0 Å². The van der Waals surface area contributed by atoms with E-state index in [9.17, 15) is 19.8 Å². The maximum absolute atomic E-state index is 15.1. The van der Waals surface area contributed by atoms with Gasteiger partial charge < -0.3 is 19.5 Å². The van der Waals surface area contributed by atoms with Crippen LogP contribution in [-0.2, 0) is 17.8 Å². The number of hydrogen-bond donors (Lipinski definition) is 2. The molecule has 2 aliphatic rings. The number of aromatic hydroxyl groups is 1. The Hall–Kier alpha value is -4.17. The number of carboxylic acids is 1. The summed E-state index contributed by atoms with van der Waals surface area (Å²) in [5.74, 6) is -1.70. The maximum atomic E-state index is 15.1. The summed E-state index contributed by atoms with van der Waals surface area (Å²) in [6.07, 6.45) is 5.47. The number of carboxylic acid groups (broad SMARTS) is 1. The normalized spacial score (nSPS) is 14.8. The van der Waals surface area contributed by atoms with Crippen LogP contribution in [0.1, 0.15) is 33.6 Å². The van der Waals surface area contributed by atoms with E-state index in [0.717, 1.165) is 0 Å². The lowest BCUT2D eigenvalue weighted by molar-refractivity contribution is -0.113. The Morgan fingerprint density at radius 2 is 2.08 bits per heavy atom. The standard InChI is InChI=1S/C27H18ClFN2O5/c28-26-14(9-13-5-6-15(32)10-19(13)30-26)12-31-20-11-18(29)16-7-8-36-25(16)23(20)22(24(31)27(34)35)17-3-1-2-4-21(17)33/h1-3,5-6,9-11,32H,4,7-8,12H2,(H,34,35). The van der Waals surface area contributed by atoms with Crippen molar-refractivity contribution < 1.29 is 28.9 Å². The molecule has 0 saturated heterocycles. The molecular weight excluding hydrogens is 487 g/mol. The van der Waals surface area contributed by atoms with Crippen LogP contribution in [0.5, 0.6) is 11.5 Å². The fourth-order valence-corrected chi connectivity index (χ4v) is 5.21. The average Bonchev–Trinajstić information content (AvgIpc) is 3.44. The van der Waals surface area contributed by atoms with Gasteiger partial charge in [0.15, 0.2) is 5.78 Å². The van der Waals surface area contributed by atoms with Crippen molar-refractivity contribution in [2.75, 3.05) is 6.61 Å². The van der Waals surface area contributed by atoms with E-state index < -0.39 is 11.8 Å². The largest absolute Gasteiger partial charge is 0.508 e. The number of carbonyl (C=O) groups is 2. The fourth-order valence-electron chi connectivity index (χ4n) is 5.00. The van der Waals surface area contributed by atoms with Crippen LogP contribution in [0, 0.1) is 5.82 Å². The number of fused-ring (bicyclic) bond motifs is 4. The summed E-state index contributed by atoms with van der Waals surface area (Å²) in [6.45, 7) is 0.217. The molecule has 0 unspecified atom stereocenters. The third-order valence-electron chi connectivity index (χ3n) is 6.59. The molecule has 7 nitrogen and oxygen atoms in total. The molecule has 2 N–H and O–H groups in total. The number of halogens is 2. The van der Waals surface area contributed by atoms with E-state index in [1.807, 2.05) is 0 Å². The zero-order chi connectivity index (χ0) is 25.1. The number of aromatic carboxylic acids is 1. The van der Waals surface area contributed by atoms with Crippen molar-refractivity contribution in [3.05, 3.63) is 81.9 Å².